The van der Waals surface area contributed by atoms with Crippen LogP contribution < -0.4 is 33.3 Å². The van der Waals surface area contributed by atoms with Crippen molar-refractivity contribution in [3.05, 3.63) is 141 Å². The van der Waals surface area contributed by atoms with Crippen molar-refractivity contribution in [2.75, 3.05) is 57.7 Å². The minimum Gasteiger partial charge on any atom is -0.494 e. The SMILES string of the molecule is C=CC(=O)OCCCCCCOc1ccc(OC(=O)C2CCC(COc3ccc(OCC4CCC(C(=O)Oc5ccc(OCCCCCCOC(=O)C=C)cc5)CC4)c(/C=C/N(CCOC(=O)C=C)c4nc5ccccc5s4)c3)CC2)cc1. The molecule has 0 spiro atoms. The number of thiazole rings is 1. The number of fused-ring (bicyclic) bond motifs is 1. The summed E-state index contributed by atoms with van der Waals surface area (Å²) in [4.78, 5) is 67.8. The number of hydrogen-bond acceptors (Lipinski definition) is 17. The summed E-state index contributed by atoms with van der Waals surface area (Å²) >= 11 is 1.54. The first-order valence-electron chi connectivity index (χ1n) is 29.0. The maximum absolute atomic E-state index is 13.3. The van der Waals surface area contributed by atoms with Gasteiger partial charge in [0.05, 0.1) is 68.2 Å². The molecule has 0 radical (unpaired) electrons. The van der Waals surface area contributed by atoms with Crippen molar-refractivity contribution < 1.29 is 66.6 Å². The molecular weight excluding hydrogens is 1080 g/mol. The number of nitrogens with zero attached hydrogens (tertiary/aromatic N) is 2. The number of esters is 5. The standard InChI is InChI=1S/C66H78N2O14S/c1-4-61(69)76-42-15-9-7-13-40-74-53-27-31-55(32-28-53)81-64(72)50-23-19-48(20-24-50)46-79-57-35-36-59(52(45-57)37-38-68(39-44-78-63(71)6-3)66-67-58-17-11-12-18-60(58)83-66)80-47-49-21-25-51(26-22-49)65(73)82-56-33-29-54(30-34-56)75-41-14-8-10-16-43-77-62(70)5-2/h4-6,11-12,17-18,27-38,45,48-51H,1-3,7-10,13-16,19-26,39-44,46-47H2/b38-37+. The molecular formula is C66H78N2O14S. The van der Waals surface area contributed by atoms with Gasteiger partial charge in [-0.05, 0) is 200 Å². The molecule has 0 bridgehead atoms. The maximum Gasteiger partial charge on any atom is 0.330 e. The predicted octanol–water partition coefficient (Wildman–Crippen LogP) is 13.4. The smallest absolute Gasteiger partial charge is 0.330 e. The van der Waals surface area contributed by atoms with E-state index in [1.807, 2.05) is 83.9 Å². The summed E-state index contributed by atoms with van der Waals surface area (Å²) in [5, 5.41) is 0.736. The average Bonchev–Trinajstić information content (AvgIpc) is 4.03. The van der Waals surface area contributed by atoms with E-state index < -0.39 is 17.9 Å². The molecule has 1 heterocycles. The van der Waals surface area contributed by atoms with E-state index in [9.17, 15) is 24.0 Å². The Kier molecular flexibility index (Phi) is 26.1. The number of rotatable bonds is 35. The average molecular weight is 1160 g/mol. The van der Waals surface area contributed by atoms with E-state index in [4.69, 9.17) is 47.6 Å². The molecule has 17 heteroatoms. The highest BCUT2D eigenvalue weighted by Crippen LogP contribution is 2.36. The predicted molar refractivity (Wildman–Crippen MR) is 320 cm³/mol. The van der Waals surface area contributed by atoms with Crippen LogP contribution in [0.25, 0.3) is 16.3 Å². The van der Waals surface area contributed by atoms with Crippen molar-refractivity contribution in [3.8, 4) is 34.5 Å². The number of aromatic nitrogens is 1. The molecule has 0 N–H and O–H groups in total. The number of para-hydroxylation sites is 1. The Morgan fingerprint density at radius 2 is 0.964 bits per heavy atom. The number of ether oxygens (including phenoxy) is 9. The van der Waals surface area contributed by atoms with Gasteiger partial charge in [-0.1, -0.05) is 43.2 Å². The lowest BCUT2D eigenvalue weighted by atomic mass is 9.82. The second-order valence-corrected chi connectivity index (χ2v) is 21.7. The van der Waals surface area contributed by atoms with Crippen molar-refractivity contribution in [1.29, 1.82) is 0 Å². The van der Waals surface area contributed by atoms with Gasteiger partial charge in [0, 0.05) is 30.0 Å². The second-order valence-electron chi connectivity index (χ2n) is 20.7. The lowest BCUT2D eigenvalue weighted by Crippen LogP contribution is -2.28. The van der Waals surface area contributed by atoms with Crippen molar-refractivity contribution in [1.82, 2.24) is 4.98 Å². The highest BCUT2D eigenvalue weighted by molar-refractivity contribution is 7.22. The largest absolute Gasteiger partial charge is 0.494 e. The molecule has 7 rings (SSSR count). The zero-order chi connectivity index (χ0) is 58.4. The van der Waals surface area contributed by atoms with Crippen LogP contribution in [0.2, 0.25) is 0 Å². The van der Waals surface area contributed by atoms with E-state index in [1.165, 1.54) is 23.5 Å². The van der Waals surface area contributed by atoms with Crippen LogP contribution in [0.5, 0.6) is 34.5 Å². The topological polar surface area (TPSA) is 185 Å². The van der Waals surface area contributed by atoms with Crippen molar-refractivity contribution in [2.45, 2.75) is 103 Å². The highest BCUT2D eigenvalue weighted by atomic mass is 32.1. The van der Waals surface area contributed by atoms with Crippen LogP contribution >= 0.6 is 11.3 Å². The molecule has 0 unspecified atom stereocenters. The first kappa shape index (κ1) is 62.7. The fraction of sp³-hybridized carbons (Fsp3) is 0.424. The summed E-state index contributed by atoms with van der Waals surface area (Å²) in [5.41, 5.74) is 1.65. The Hall–Kier alpha value is -7.92. The van der Waals surface area contributed by atoms with Gasteiger partial charge < -0.3 is 47.5 Å². The Balaban J connectivity index is 0.889. The second kappa shape index (κ2) is 34.5. The van der Waals surface area contributed by atoms with Crippen LogP contribution in [-0.4, -0.2) is 87.6 Å². The van der Waals surface area contributed by atoms with Crippen LogP contribution in [0, 0.1) is 23.7 Å². The van der Waals surface area contributed by atoms with Gasteiger partial charge in [0.25, 0.3) is 0 Å². The van der Waals surface area contributed by atoms with Crippen molar-refractivity contribution in [2.24, 2.45) is 23.7 Å². The number of unbranched alkanes of at least 4 members (excludes halogenated alkanes) is 6. The molecule has 0 atom stereocenters. The molecule has 0 aliphatic heterocycles. The van der Waals surface area contributed by atoms with Crippen LogP contribution in [-0.2, 0) is 38.2 Å². The zero-order valence-electron chi connectivity index (χ0n) is 47.5. The zero-order valence-corrected chi connectivity index (χ0v) is 48.3. The maximum atomic E-state index is 13.3. The number of anilines is 1. The summed E-state index contributed by atoms with van der Waals surface area (Å²) < 4.78 is 52.9. The third-order valence-corrected chi connectivity index (χ3v) is 15.6. The summed E-state index contributed by atoms with van der Waals surface area (Å²) in [7, 11) is 0. The van der Waals surface area contributed by atoms with E-state index in [1.54, 1.807) is 24.3 Å². The Morgan fingerprint density at radius 3 is 1.47 bits per heavy atom. The lowest BCUT2D eigenvalue weighted by molar-refractivity contribution is -0.141. The fourth-order valence-electron chi connectivity index (χ4n) is 9.69. The van der Waals surface area contributed by atoms with E-state index in [-0.39, 0.29) is 42.2 Å². The summed E-state index contributed by atoms with van der Waals surface area (Å²) in [6.07, 6.45) is 20.5. The van der Waals surface area contributed by atoms with Gasteiger partial charge in [0.2, 0.25) is 0 Å². The lowest BCUT2D eigenvalue weighted by Gasteiger charge is -2.28. The highest BCUT2D eigenvalue weighted by Gasteiger charge is 2.30. The number of benzene rings is 4. The van der Waals surface area contributed by atoms with Crippen LogP contribution in [0.3, 0.4) is 0 Å². The summed E-state index contributed by atoms with van der Waals surface area (Å²) in [6.45, 7) is 13.6. The van der Waals surface area contributed by atoms with Crippen molar-refractivity contribution in [3.63, 3.8) is 0 Å². The van der Waals surface area contributed by atoms with Gasteiger partial charge in [-0.25, -0.2) is 19.4 Å². The molecule has 83 heavy (non-hydrogen) atoms. The van der Waals surface area contributed by atoms with Gasteiger partial charge >= 0.3 is 29.8 Å². The quantitative estimate of drug-likeness (QED) is 0.0123. The third-order valence-electron chi connectivity index (χ3n) is 14.5. The molecule has 0 amide bonds. The molecule has 2 saturated carbocycles. The Morgan fingerprint density at radius 1 is 0.506 bits per heavy atom. The number of carbonyl (C=O) groups is 5. The van der Waals surface area contributed by atoms with Gasteiger partial charge in [0.15, 0.2) is 5.13 Å². The normalized spacial score (nSPS) is 16.7. The van der Waals surface area contributed by atoms with Gasteiger partial charge in [-0.15, -0.1) is 0 Å². The monoisotopic (exact) mass is 1150 g/mol. The minimum absolute atomic E-state index is 0.114. The van der Waals surface area contributed by atoms with E-state index in [0.29, 0.717) is 106 Å². The molecule has 5 aromatic rings. The Bertz CT molecular complexity index is 2870. The van der Waals surface area contributed by atoms with Crippen LogP contribution in [0.15, 0.2) is 135 Å². The van der Waals surface area contributed by atoms with E-state index in [2.05, 4.69) is 19.7 Å². The number of carbonyl (C=O) groups excluding carboxylic acids is 5. The Labute approximate surface area is 491 Å². The van der Waals surface area contributed by atoms with Gasteiger partial charge in [-0.3, -0.25) is 9.59 Å². The first-order valence-corrected chi connectivity index (χ1v) is 29.8. The molecule has 442 valence electrons. The third kappa shape index (κ3) is 21.7. The van der Waals surface area contributed by atoms with Gasteiger partial charge in [-0.2, -0.15) is 0 Å². The van der Waals surface area contributed by atoms with Crippen molar-refractivity contribution >= 4 is 62.6 Å². The molecule has 2 aliphatic rings. The molecule has 4 aromatic carbocycles. The first-order chi connectivity index (χ1) is 40.5. The summed E-state index contributed by atoms with van der Waals surface area (Å²) in [5.74, 6) is 2.01. The molecule has 16 nitrogen and oxygen atoms in total. The molecule has 2 aliphatic carbocycles. The number of hydrogen-bond donors (Lipinski definition) is 0. The van der Waals surface area contributed by atoms with E-state index >= 15 is 0 Å². The minimum atomic E-state index is -0.506. The van der Waals surface area contributed by atoms with E-state index in [0.717, 1.165) is 104 Å². The molecule has 0 saturated heterocycles. The van der Waals surface area contributed by atoms with Crippen LogP contribution in [0.1, 0.15) is 108 Å². The van der Waals surface area contributed by atoms with Gasteiger partial charge in [0.1, 0.15) is 41.1 Å². The fourth-order valence-corrected chi connectivity index (χ4v) is 10.7. The molecule has 1 aromatic heterocycles. The molecule has 2 fully saturated rings. The summed E-state index contributed by atoms with van der Waals surface area (Å²) in [6, 6.07) is 28.0. The van der Waals surface area contributed by atoms with Crippen LogP contribution in [0.4, 0.5) is 5.13 Å².